The molecule has 5 nitrogen and oxygen atoms in total. The van der Waals surface area contributed by atoms with Crippen LogP contribution in [-0.2, 0) is 14.9 Å². The molecule has 1 saturated heterocycles. The normalized spacial score (nSPS) is 21.1. The van der Waals surface area contributed by atoms with E-state index in [9.17, 15) is 4.39 Å². The fourth-order valence-electron chi connectivity index (χ4n) is 4.85. The fourth-order valence-corrected chi connectivity index (χ4v) is 4.85. The first-order valence-electron chi connectivity index (χ1n) is 10.9. The van der Waals surface area contributed by atoms with Gasteiger partial charge >= 0.3 is 0 Å². The molecule has 1 aliphatic carbocycles. The number of hydrogen-bond acceptors (Lipinski definition) is 3. The van der Waals surface area contributed by atoms with Crippen molar-refractivity contribution in [2.75, 3.05) is 47.1 Å². The smallest absolute Gasteiger partial charge is 0.191 e. The van der Waals surface area contributed by atoms with Crippen LogP contribution in [0.5, 0.6) is 0 Å². The number of nitrogens with one attached hydrogen (secondary N) is 2. The van der Waals surface area contributed by atoms with Gasteiger partial charge in [-0.2, -0.15) is 0 Å². The Hall–Kier alpha value is -1.66. The van der Waals surface area contributed by atoms with Crippen LogP contribution in [0.3, 0.4) is 0 Å². The van der Waals surface area contributed by atoms with Gasteiger partial charge in [-0.3, -0.25) is 4.99 Å². The molecular formula is C23H36FN3O2. The van der Waals surface area contributed by atoms with Gasteiger partial charge in [0.25, 0.3) is 0 Å². The molecule has 2 aliphatic rings. The molecule has 162 valence electrons. The molecule has 29 heavy (non-hydrogen) atoms. The highest BCUT2D eigenvalue weighted by Gasteiger charge is 2.36. The van der Waals surface area contributed by atoms with E-state index < -0.39 is 0 Å². The van der Waals surface area contributed by atoms with Gasteiger partial charge in [0, 0.05) is 52.5 Å². The van der Waals surface area contributed by atoms with Crippen LogP contribution in [0.2, 0.25) is 0 Å². The number of nitrogens with zero attached hydrogens (tertiary/aromatic N) is 1. The summed E-state index contributed by atoms with van der Waals surface area (Å²) in [6.07, 6.45) is 7.89. The summed E-state index contributed by atoms with van der Waals surface area (Å²) >= 11 is 0. The van der Waals surface area contributed by atoms with Crippen molar-refractivity contribution in [1.29, 1.82) is 0 Å². The van der Waals surface area contributed by atoms with E-state index in [1.165, 1.54) is 31.7 Å². The molecule has 1 saturated carbocycles. The largest absolute Gasteiger partial charge is 0.385 e. The molecule has 0 radical (unpaired) electrons. The summed E-state index contributed by atoms with van der Waals surface area (Å²) in [6.45, 7) is 3.82. The summed E-state index contributed by atoms with van der Waals surface area (Å²) in [7, 11) is 3.58. The third kappa shape index (κ3) is 5.70. The SMILES string of the molecule is CN=C(NCC1(CCOC)CCCC1)NCC1(c2cccc(F)c2)CCOCC1. The maximum atomic E-state index is 13.9. The van der Waals surface area contributed by atoms with Gasteiger partial charge in [0.15, 0.2) is 5.96 Å². The molecule has 2 fully saturated rings. The lowest BCUT2D eigenvalue weighted by Gasteiger charge is -2.38. The lowest BCUT2D eigenvalue weighted by molar-refractivity contribution is 0.0512. The van der Waals surface area contributed by atoms with Crippen LogP contribution in [0, 0.1) is 11.2 Å². The molecule has 1 heterocycles. The van der Waals surface area contributed by atoms with Gasteiger partial charge in [-0.25, -0.2) is 4.39 Å². The Balaban J connectivity index is 1.63. The van der Waals surface area contributed by atoms with Crippen molar-refractivity contribution in [2.24, 2.45) is 10.4 Å². The van der Waals surface area contributed by atoms with E-state index in [1.54, 1.807) is 19.2 Å². The zero-order valence-corrected chi connectivity index (χ0v) is 17.9. The average Bonchev–Trinajstić information content (AvgIpc) is 3.22. The molecule has 0 unspecified atom stereocenters. The van der Waals surface area contributed by atoms with E-state index in [0.717, 1.165) is 43.9 Å². The molecule has 1 aliphatic heterocycles. The highest BCUT2D eigenvalue weighted by Crippen LogP contribution is 2.40. The van der Waals surface area contributed by atoms with Crippen LogP contribution in [-0.4, -0.2) is 53.0 Å². The second kappa shape index (κ2) is 10.4. The van der Waals surface area contributed by atoms with Gasteiger partial charge in [0.05, 0.1) is 0 Å². The minimum absolute atomic E-state index is 0.140. The number of halogens is 1. The third-order valence-corrected chi connectivity index (χ3v) is 6.84. The van der Waals surface area contributed by atoms with Gasteiger partial charge < -0.3 is 20.1 Å². The number of methoxy groups -OCH3 is 1. The second-order valence-electron chi connectivity index (χ2n) is 8.63. The molecular weight excluding hydrogens is 369 g/mol. The molecule has 3 rings (SSSR count). The topological polar surface area (TPSA) is 54.9 Å². The third-order valence-electron chi connectivity index (χ3n) is 6.84. The Morgan fingerprint density at radius 1 is 1.14 bits per heavy atom. The standard InChI is InChI=1S/C23H36FN3O2/c1-25-21(26-17-22(10-13-28-2)8-3-4-9-22)27-18-23(11-14-29-15-12-23)19-6-5-7-20(24)16-19/h5-7,16H,3-4,8-15,17-18H2,1-2H3,(H2,25,26,27). The van der Waals surface area contributed by atoms with Crippen molar-refractivity contribution in [3.63, 3.8) is 0 Å². The van der Waals surface area contributed by atoms with Crippen molar-refractivity contribution >= 4 is 5.96 Å². The van der Waals surface area contributed by atoms with Crippen molar-refractivity contribution < 1.29 is 13.9 Å². The number of benzene rings is 1. The first-order chi connectivity index (χ1) is 14.1. The van der Waals surface area contributed by atoms with E-state index in [1.807, 2.05) is 13.1 Å². The Labute approximate surface area is 174 Å². The van der Waals surface area contributed by atoms with Crippen LogP contribution in [0.1, 0.15) is 50.5 Å². The molecule has 2 N–H and O–H groups in total. The number of ether oxygens (including phenoxy) is 2. The Kier molecular flexibility index (Phi) is 7.90. The zero-order valence-electron chi connectivity index (χ0n) is 17.9. The lowest BCUT2D eigenvalue weighted by atomic mass is 9.74. The molecule has 6 heteroatoms. The highest BCUT2D eigenvalue weighted by molar-refractivity contribution is 5.79. The van der Waals surface area contributed by atoms with Crippen LogP contribution in [0.25, 0.3) is 0 Å². The van der Waals surface area contributed by atoms with Crippen LogP contribution in [0.4, 0.5) is 4.39 Å². The molecule has 0 aromatic heterocycles. The maximum Gasteiger partial charge on any atom is 0.191 e. The molecule has 0 atom stereocenters. The van der Waals surface area contributed by atoms with Crippen molar-refractivity contribution in [1.82, 2.24) is 10.6 Å². The summed E-state index contributed by atoms with van der Waals surface area (Å²) in [5, 5.41) is 7.08. The second-order valence-corrected chi connectivity index (χ2v) is 8.63. The number of rotatable bonds is 8. The van der Waals surface area contributed by atoms with Gasteiger partial charge in [-0.15, -0.1) is 0 Å². The van der Waals surface area contributed by atoms with E-state index in [2.05, 4.69) is 15.6 Å². The average molecular weight is 406 g/mol. The minimum atomic E-state index is -0.183. The summed E-state index contributed by atoms with van der Waals surface area (Å²) in [4.78, 5) is 4.44. The molecule has 0 bridgehead atoms. The molecule has 1 aromatic rings. The fraction of sp³-hybridized carbons (Fsp3) is 0.696. The molecule has 1 aromatic carbocycles. The van der Waals surface area contributed by atoms with Crippen molar-refractivity contribution in [3.05, 3.63) is 35.6 Å². The zero-order chi connectivity index (χ0) is 20.6. The number of guanidine groups is 1. The monoisotopic (exact) mass is 405 g/mol. The van der Waals surface area contributed by atoms with Crippen LogP contribution < -0.4 is 10.6 Å². The first kappa shape index (κ1) is 22.0. The predicted molar refractivity (Wildman–Crippen MR) is 115 cm³/mol. The Morgan fingerprint density at radius 3 is 2.52 bits per heavy atom. The van der Waals surface area contributed by atoms with Crippen LogP contribution in [0.15, 0.2) is 29.3 Å². The van der Waals surface area contributed by atoms with Crippen molar-refractivity contribution in [2.45, 2.75) is 50.4 Å². The predicted octanol–water partition coefficient (Wildman–Crippen LogP) is 3.64. The Bertz CT molecular complexity index is 668. The van der Waals surface area contributed by atoms with Gasteiger partial charge in [-0.05, 0) is 55.2 Å². The lowest BCUT2D eigenvalue weighted by Crippen LogP contribution is -2.49. The molecule has 0 amide bonds. The van der Waals surface area contributed by atoms with E-state index in [-0.39, 0.29) is 11.2 Å². The number of hydrogen-bond donors (Lipinski definition) is 2. The summed E-state index contributed by atoms with van der Waals surface area (Å²) in [5.41, 5.74) is 1.20. The minimum Gasteiger partial charge on any atom is -0.385 e. The van der Waals surface area contributed by atoms with Gasteiger partial charge in [0.1, 0.15) is 5.82 Å². The highest BCUT2D eigenvalue weighted by atomic mass is 19.1. The van der Waals surface area contributed by atoms with E-state index in [0.29, 0.717) is 25.2 Å². The maximum absolute atomic E-state index is 13.9. The van der Waals surface area contributed by atoms with E-state index >= 15 is 0 Å². The van der Waals surface area contributed by atoms with Gasteiger partial charge in [-0.1, -0.05) is 25.0 Å². The summed E-state index contributed by atoms with van der Waals surface area (Å²) < 4.78 is 24.8. The summed E-state index contributed by atoms with van der Waals surface area (Å²) in [5.74, 6) is 0.633. The Morgan fingerprint density at radius 2 is 1.86 bits per heavy atom. The van der Waals surface area contributed by atoms with Crippen molar-refractivity contribution in [3.8, 4) is 0 Å². The quantitative estimate of drug-likeness (QED) is 0.512. The molecule has 0 spiro atoms. The summed E-state index contributed by atoms with van der Waals surface area (Å²) in [6, 6.07) is 7.01. The first-order valence-corrected chi connectivity index (χ1v) is 10.9. The number of aliphatic imine (C=N–C) groups is 1. The van der Waals surface area contributed by atoms with Crippen LogP contribution >= 0.6 is 0 Å². The van der Waals surface area contributed by atoms with Gasteiger partial charge in [0.2, 0.25) is 0 Å². The van der Waals surface area contributed by atoms with E-state index in [4.69, 9.17) is 9.47 Å².